The second-order valence-electron chi connectivity index (χ2n) is 4.35. The number of carbonyl (C=O) groups excluding carboxylic acids is 1. The molecule has 0 bridgehead atoms. The van der Waals surface area contributed by atoms with Gasteiger partial charge in [-0.15, -0.1) is 0 Å². The molecular weight excluding hydrogens is 277 g/mol. The molecule has 8 heteroatoms. The topological polar surface area (TPSA) is 82.2 Å². The molecule has 1 aromatic heterocycles. The van der Waals surface area contributed by atoms with Crippen LogP contribution in [0.15, 0.2) is 16.9 Å². The lowest BCUT2D eigenvalue weighted by molar-refractivity contribution is -0.141. The number of alkyl halides is 3. The Bertz CT molecular complexity index is 525. The Kier molecular flexibility index (Phi) is 5.32. The van der Waals surface area contributed by atoms with Crippen LogP contribution in [0.4, 0.5) is 13.2 Å². The van der Waals surface area contributed by atoms with Gasteiger partial charge in [-0.3, -0.25) is 9.59 Å². The number of halogens is 3. The predicted octanol–water partition coefficient (Wildman–Crippen LogP) is 1.28. The lowest BCUT2D eigenvalue weighted by Gasteiger charge is -2.13. The number of aromatic nitrogens is 1. The minimum Gasteiger partial charge on any atom is -0.396 e. The number of H-pyrrole nitrogens is 1. The minimum absolute atomic E-state index is 0.0267. The molecule has 1 heterocycles. The van der Waals surface area contributed by atoms with Gasteiger partial charge in [-0.2, -0.15) is 13.2 Å². The van der Waals surface area contributed by atoms with Crippen molar-refractivity contribution in [3.05, 3.63) is 33.7 Å². The molecule has 0 saturated heterocycles. The first-order chi connectivity index (χ1) is 9.25. The van der Waals surface area contributed by atoms with Crippen LogP contribution in [0.3, 0.4) is 0 Å². The first kappa shape index (κ1) is 16.2. The van der Waals surface area contributed by atoms with Gasteiger partial charge in [0.15, 0.2) is 0 Å². The zero-order chi connectivity index (χ0) is 15.3. The summed E-state index contributed by atoms with van der Waals surface area (Å²) in [6, 6.07) is 1.20. The molecule has 20 heavy (non-hydrogen) atoms. The fraction of sp³-hybridized carbons (Fsp3) is 0.500. The van der Waals surface area contributed by atoms with E-state index in [0.717, 1.165) is 6.07 Å². The van der Waals surface area contributed by atoms with Gasteiger partial charge in [0, 0.05) is 12.6 Å². The Morgan fingerprint density at radius 1 is 1.45 bits per heavy atom. The van der Waals surface area contributed by atoms with E-state index in [-0.39, 0.29) is 18.2 Å². The van der Waals surface area contributed by atoms with E-state index >= 15 is 0 Å². The lowest BCUT2D eigenvalue weighted by Crippen LogP contribution is -2.36. The highest BCUT2D eigenvalue weighted by molar-refractivity contribution is 5.93. The van der Waals surface area contributed by atoms with Crippen LogP contribution in [0.5, 0.6) is 0 Å². The quantitative estimate of drug-likeness (QED) is 0.764. The molecule has 0 aliphatic carbocycles. The Labute approximate surface area is 112 Å². The van der Waals surface area contributed by atoms with E-state index in [4.69, 9.17) is 5.11 Å². The summed E-state index contributed by atoms with van der Waals surface area (Å²) in [6.45, 7) is 1.65. The largest absolute Gasteiger partial charge is 0.431 e. The number of pyridine rings is 1. The summed E-state index contributed by atoms with van der Waals surface area (Å²) in [5, 5.41) is 11.1. The second-order valence-corrected chi connectivity index (χ2v) is 4.35. The fourth-order valence-corrected chi connectivity index (χ4v) is 1.59. The van der Waals surface area contributed by atoms with Crippen LogP contribution >= 0.6 is 0 Å². The summed E-state index contributed by atoms with van der Waals surface area (Å²) in [6.07, 6.45) is -3.69. The Morgan fingerprint density at radius 2 is 2.10 bits per heavy atom. The molecule has 1 atom stereocenters. The molecule has 1 amide bonds. The van der Waals surface area contributed by atoms with Crippen LogP contribution in [0.1, 0.15) is 35.8 Å². The third-order valence-electron chi connectivity index (χ3n) is 2.63. The molecule has 1 aromatic rings. The van der Waals surface area contributed by atoms with E-state index in [9.17, 15) is 22.8 Å². The van der Waals surface area contributed by atoms with Crippen LogP contribution in [-0.2, 0) is 6.18 Å². The minimum atomic E-state index is -4.66. The average Bonchev–Trinajstić information content (AvgIpc) is 2.34. The van der Waals surface area contributed by atoms with Gasteiger partial charge in [0.05, 0.1) is 0 Å². The first-order valence-corrected chi connectivity index (χ1v) is 5.98. The maximum absolute atomic E-state index is 12.4. The molecule has 0 spiro atoms. The van der Waals surface area contributed by atoms with Crippen molar-refractivity contribution in [2.45, 2.75) is 32.0 Å². The Hall–Kier alpha value is -1.83. The molecule has 0 fully saturated rings. The monoisotopic (exact) mass is 292 g/mol. The van der Waals surface area contributed by atoms with E-state index in [2.05, 4.69) is 5.32 Å². The molecule has 0 aromatic carbocycles. The number of hydrogen-bond acceptors (Lipinski definition) is 3. The van der Waals surface area contributed by atoms with Gasteiger partial charge in [0.25, 0.3) is 11.5 Å². The van der Waals surface area contributed by atoms with Crippen LogP contribution in [0.25, 0.3) is 0 Å². The van der Waals surface area contributed by atoms with E-state index in [0.29, 0.717) is 18.9 Å². The van der Waals surface area contributed by atoms with Crippen LogP contribution in [0, 0.1) is 0 Å². The number of aromatic amines is 1. The average molecular weight is 292 g/mol. The zero-order valence-corrected chi connectivity index (χ0v) is 10.8. The lowest BCUT2D eigenvalue weighted by atomic mass is 10.1. The highest BCUT2D eigenvalue weighted by Crippen LogP contribution is 2.26. The van der Waals surface area contributed by atoms with Gasteiger partial charge in [-0.25, -0.2) is 0 Å². The highest BCUT2D eigenvalue weighted by atomic mass is 19.4. The van der Waals surface area contributed by atoms with E-state index in [1.165, 1.54) is 0 Å². The van der Waals surface area contributed by atoms with Crippen molar-refractivity contribution in [1.29, 1.82) is 0 Å². The molecule has 3 N–H and O–H groups in total. The number of carbonyl (C=O) groups is 1. The van der Waals surface area contributed by atoms with Crippen molar-refractivity contribution >= 4 is 5.91 Å². The molecule has 1 unspecified atom stereocenters. The standard InChI is InChI=1S/C12H15F3N2O3/c1-7(3-2-6-18)16-10(19)8-4-5-9(12(13,14)15)17-11(8)20/h4-5,7,18H,2-3,6H2,1H3,(H,16,19)(H,17,20). The molecular formula is C12H15F3N2O3. The molecule has 0 radical (unpaired) electrons. The van der Waals surface area contributed by atoms with E-state index in [1.54, 1.807) is 11.9 Å². The van der Waals surface area contributed by atoms with Gasteiger partial charge in [-0.1, -0.05) is 0 Å². The van der Waals surface area contributed by atoms with Crippen molar-refractivity contribution in [3.8, 4) is 0 Å². The summed E-state index contributed by atoms with van der Waals surface area (Å²) in [7, 11) is 0. The number of rotatable bonds is 5. The van der Waals surface area contributed by atoms with Crippen LogP contribution in [-0.4, -0.2) is 28.6 Å². The Balaban J connectivity index is 2.82. The number of amides is 1. The van der Waals surface area contributed by atoms with Gasteiger partial charge < -0.3 is 15.4 Å². The van der Waals surface area contributed by atoms with E-state index in [1.807, 2.05) is 0 Å². The summed E-state index contributed by atoms with van der Waals surface area (Å²) < 4.78 is 37.1. The van der Waals surface area contributed by atoms with Crippen molar-refractivity contribution in [3.63, 3.8) is 0 Å². The number of nitrogens with one attached hydrogen (secondary N) is 2. The summed E-state index contributed by atoms with van der Waals surface area (Å²) in [5.74, 6) is -0.745. The van der Waals surface area contributed by atoms with Crippen molar-refractivity contribution in [2.75, 3.05) is 6.61 Å². The molecule has 112 valence electrons. The van der Waals surface area contributed by atoms with Crippen molar-refractivity contribution in [1.82, 2.24) is 10.3 Å². The maximum atomic E-state index is 12.4. The maximum Gasteiger partial charge on any atom is 0.431 e. The third-order valence-corrected chi connectivity index (χ3v) is 2.63. The number of aliphatic hydroxyl groups is 1. The zero-order valence-electron chi connectivity index (χ0n) is 10.8. The third kappa shape index (κ3) is 4.37. The van der Waals surface area contributed by atoms with E-state index < -0.39 is 23.3 Å². The van der Waals surface area contributed by atoms with Crippen LogP contribution in [0.2, 0.25) is 0 Å². The van der Waals surface area contributed by atoms with Gasteiger partial charge >= 0.3 is 6.18 Å². The molecule has 1 rings (SSSR count). The fourth-order valence-electron chi connectivity index (χ4n) is 1.59. The summed E-state index contributed by atoms with van der Waals surface area (Å²) in [5.41, 5.74) is -2.67. The first-order valence-electron chi connectivity index (χ1n) is 5.98. The predicted molar refractivity (Wildman–Crippen MR) is 65.3 cm³/mol. The van der Waals surface area contributed by atoms with Crippen LogP contribution < -0.4 is 10.9 Å². The number of hydrogen-bond donors (Lipinski definition) is 3. The molecule has 0 aliphatic heterocycles. The second kappa shape index (κ2) is 6.56. The van der Waals surface area contributed by atoms with Gasteiger partial charge in [0.2, 0.25) is 0 Å². The summed E-state index contributed by atoms with van der Waals surface area (Å²) >= 11 is 0. The van der Waals surface area contributed by atoms with Crippen molar-refractivity contribution < 1.29 is 23.1 Å². The summed E-state index contributed by atoms with van der Waals surface area (Å²) in [4.78, 5) is 24.8. The highest BCUT2D eigenvalue weighted by Gasteiger charge is 2.32. The van der Waals surface area contributed by atoms with Gasteiger partial charge in [0.1, 0.15) is 11.3 Å². The molecule has 0 saturated carbocycles. The molecule has 0 aliphatic rings. The van der Waals surface area contributed by atoms with Gasteiger partial charge in [-0.05, 0) is 31.9 Å². The molecule has 5 nitrogen and oxygen atoms in total. The normalized spacial score (nSPS) is 13.1. The smallest absolute Gasteiger partial charge is 0.396 e. The Morgan fingerprint density at radius 3 is 2.60 bits per heavy atom. The SMILES string of the molecule is CC(CCCO)NC(=O)c1ccc(C(F)(F)F)[nH]c1=O. The van der Waals surface area contributed by atoms with Crippen molar-refractivity contribution in [2.24, 2.45) is 0 Å². The number of aliphatic hydroxyl groups excluding tert-OH is 1.